The summed E-state index contributed by atoms with van der Waals surface area (Å²) in [7, 11) is 0. The van der Waals surface area contributed by atoms with Crippen LogP contribution in [0.25, 0.3) is 0 Å². The predicted octanol–water partition coefficient (Wildman–Crippen LogP) is 1.49. The molecule has 0 aromatic rings. The van der Waals surface area contributed by atoms with Crippen LogP contribution < -0.4 is 5.73 Å². The molecule has 1 saturated heterocycles. The summed E-state index contributed by atoms with van der Waals surface area (Å²) in [6, 6.07) is -0.416. The van der Waals surface area contributed by atoms with Crippen LogP contribution in [0, 0.1) is 5.92 Å². The zero-order chi connectivity index (χ0) is 11.3. The standard InChI is InChI=1S/C11H20N2O2/c1-3-5-8-6-10(15-7-8)13-9(4-2)11(12)14/h8-9H,3-7H2,1-2H3,(H2,12,14)/b13-10-/t8-,9+/m1/s1. The van der Waals surface area contributed by atoms with Crippen molar-refractivity contribution >= 4 is 11.8 Å². The molecular formula is C11H20N2O2. The molecule has 0 saturated carbocycles. The van der Waals surface area contributed by atoms with Gasteiger partial charge >= 0.3 is 0 Å². The smallest absolute Gasteiger partial charge is 0.242 e. The number of amides is 1. The summed E-state index contributed by atoms with van der Waals surface area (Å²) < 4.78 is 5.44. The number of primary amides is 1. The maximum absolute atomic E-state index is 11.0. The highest BCUT2D eigenvalue weighted by Gasteiger charge is 2.23. The van der Waals surface area contributed by atoms with Crippen LogP contribution in [-0.2, 0) is 9.53 Å². The molecule has 4 nitrogen and oxygen atoms in total. The Morgan fingerprint density at radius 3 is 2.93 bits per heavy atom. The van der Waals surface area contributed by atoms with E-state index >= 15 is 0 Å². The summed E-state index contributed by atoms with van der Waals surface area (Å²) in [5.74, 6) is 0.908. The SMILES string of the molecule is CCC[C@H]1CO/C(=N\[C@@H](CC)C(N)=O)C1. The van der Waals surface area contributed by atoms with E-state index in [-0.39, 0.29) is 5.91 Å². The van der Waals surface area contributed by atoms with Gasteiger partial charge in [0.2, 0.25) is 5.91 Å². The topological polar surface area (TPSA) is 64.7 Å². The van der Waals surface area contributed by atoms with Gasteiger partial charge < -0.3 is 10.5 Å². The van der Waals surface area contributed by atoms with Crippen molar-refractivity contribution in [3.63, 3.8) is 0 Å². The van der Waals surface area contributed by atoms with Crippen LogP contribution in [0.15, 0.2) is 4.99 Å². The Bertz CT molecular complexity index is 251. The molecule has 0 aromatic carbocycles. The molecule has 1 heterocycles. The molecule has 1 aliphatic rings. The van der Waals surface area contributed by atoms with E-state index in [2.05, 4.69) is 11.9 Å². The molecule has 15 heavy (non-hydrogen) atoms. The van der Waals surface area contributed by atoms with Crippen molar-refractivity contribution in [2.75, 3.05) is 6.61 Å². The van der Waals surface area contributed by atoms with Gasteiger partial charge in [0.25, 0.3) is 0 Å². The summed E-state index contributed by atoms with van der Waals surface area (Å²) in [5.41, 5.74) is 5.22. The Morgan fingerprint density at radius 2 is 2.40 bits per heavy atom. The molecule has 1 rings (SSSR count). The summed E-state index contributed by atoms with van der Waals surface area (Å²) in [4.78, 5) is 15.2. The van der Waals surface area contributed by atoms with Crippen LogP contribution in [-0.4, -0.2) is 24.5 Å². The molecule has 2 atom stereocenters. The molecule has 2 N–H and O–H groups in total. The maximum Gasteiger partial charge on any atom is 0.242 e. The highest BCUT2D eigenvalue weighted by atomic mass is 16.5. The lowest BCUT2D eigenvalue weighted by Crippen LogP contribution is -2.27. The molecule has 1 amide bonds. The first-order chi connectivity index (χ1) is 7.17. The zero-order valence-electron chi connectivity index (χ0n) is 9.53. The zero-order valence-corrected chi connectivity index (χ0v) is 9.53. The van der Waals surface area contributed by atoms with Crippen LogP contribution in [0.3, 0.4) is 0 Å². The summed E-state index contributed by atoms with van der Waals surface area (Å²) in [6.07, 6.45) is 3.82. The molecule has 0 unspecified atom stereocenters. The van der Waals surface area contributed by atoms with Gasteiger partial charge in [-0.1, -0.05) is 20.3 Å². The number of nitrogens with two attached hydrogens (primary N) is 1. The van der Waals surface area contributed by atoms with Gasteiger partial charge in [-0.05, 0) is 12.8 Å². The van der Waals surface area contributed by atoms with Crippen LogP contribution in [0.5, 0.6) is 0 Å². The van der Waals surface area contributed by atoms with Crippen molar-refractivity contribution in [3.8, 4) is 0 Å². The first-order valence-electron chi connectivity index (χ1n) is 5.66. The van der Waals surface area contributed by atoms with Crippen molar-refractivity contribution in [3.05, 3.63) is 0 Å². The second kappa shape index (κ2) is 5.73. The van der Waals surface area contributed by atoms with E-state index in [0.717, 1.165) is 25.9 Å². The number of hydrogen-bond acceptors (Lipinski definition) is 3. The minimum absolute atomic E-state index is 0.368. The molecule has 0 spiro atoms. The van der Waals surface area contributed by atoms with Gasteiger partial charge in [-0.3, -0.25) is 4.79 Å². The maximum atomic E-state index is 11.0. The van der Waals surface area contributed by atoms with Gasteiger partial charge in [-0.15, -0.1) is 0 Å². The average molecular weight is 212 g/mol. The minimum Gasteiger partial charge on any atom is -0.481 e. The third-order valence-electron chi connectivity index (χ3n) is 2.66. The lowest BCUT2D eigenvalue weighted by Gasteiger charge is -2.05. The molecule has 0 radical (unpaired) electrons. The molecule has 4 heteroatoms. The molecule has 1 fully saturated rings. The number of nitrogens with zero attached hydrogens (tertiary/aromatic N) is 1. The van der Waals surface area contributed by atoms with Gasteiger partial charge in [-0.25, -0.2) is 4.99 Å². The highest BCUT2D eigenvalue weighted by molar-refractivity contribution is 5.85. The lowest BCUT2D eigenvalue weighted by molar-refractivity contribution is -0.119. The third-order valence-corrected chi connectivity index (χ3v) is 2.66. The van der Waals surface area contributed by atoms with Crippen molar-refractivity contribution in [2.45, 2.75) is 45.6 Å². The van der Waals surface area contributed by atoms with E-state index in [0.29, 0.717) is 18.2 Å². The fraction of sp³-hybridized carbons (Fsp3) is 0.818. The van der Waals surface area contributed by atoms with E-state index in [1.165, 1.54) is 0 Å². The number of hydrogen-bond donors (Lipinski definition) is 1. The van der Waals surface area contributed by atoms with Crippen LogP contribution in [0.2, 0.25) is 0 Å². The number of ether oxygens (including phenoxy) is 1. The van der Waals surface area contributed by atoms with Crippen molar-refractivity contribution in [1.29, 1.82) is 0 Å². The van der Waals surface area contributed by atoms with E-state index in [1.807, 2.05) is 6.92 Å². The summed E-state index contributed by atoms with van der Waals surface area (Å²) in [6.45, 7) is 4.80. The fourth-order valence-corrected chi connectivity index (χ4v) is 1.79. The molecule has 0 aliphatic carbocycles. The molecular weight excluding hydrogens is 192 g/mol. The van der Waals surface area contributed by atoms with E-state index in [1.54, 1.807) is 0 Å². The molecule has 0 bridgehead atoms. The number of aliphatic imine (C=N–C) groups is 1. The van der Waals surface area contributed by atoms with Gasteiger partial charge in [0.1, 0.15) is 6.04 Å². The first kappa shape index (κ1) is 12.0. The van der Waals surface area contributed by atoms with E-state index in [9.17, 15) is 4.79 Å². The fourth-order valence-electron chi connectivity index (χ4n) is 1.79. The normalized spacial score (nSPS) is 25.2. The second-order valence-corrected chi connectivity index (χ2v) is 4.02. The van der Waals surface area contributed by atoms with Crippen molar-refractivity contribution in [1.82, 2.24) is 0 Å². The minimum atomic E-state index is -0.416. The number of carbonyl (C=O) groups is 1. The summed E-state index contributed by atoms with van der Waals surface area (Å²) in [5, 5.41) is 0. The Labute approximate surface area is 90.9 Å². The van der Waals surface area contributed by atoms with E-state index < -0.39 is 6.04 Å². The van der Waals surface area contributed by atoms with Gasteiger partial charge in [0.15, 0.2) is 5.90 Å². The Balaban J connectivity index is 2.50. The van der Waals surface area contributed by atoms with E-state index in [4.69, 9.17) is 10.5 Å². The lowest BCUT2D eigenvalue weighted by atomic mass is 10.0. The van der Waals surface area contributed by atoms with Gasteiger partial charge in [0.05, 0.1) is 6.61 Å². The Kier molecular flexibility index (Phi) is 4.59. The van der Waals surface area contributed by atoms with Crippen LogP contribution in [0.1, 0.15) is 39.5 Å². The molecule has 0 aromatic heterocycles. The monoisotopic (exact) mass is 212 g/mol. The largest absolute Gasteiger partial charge is 0.481 e. The highest BCUT2D eigenvalue weighted by Crippen LogP contribution is 2.20. The number of carbonyl (C=O) groups excluding carboxylic acids is 1. The van der Waals surface area contributed by atoms with Crippen molar-refractivity contribution < 1.29 is 9.53 Å². The Morgan fingerprint density at radius 1 is 1.67 bits per heavy atom. The molecule has 1 aliphatic heterocycles. The van der Waals surface area contributed by atoms with Gasteiger partial charge in [0, 0.05) is 12.3 Å². The predicted molar refractivity (Wildman–Crippen MR) is 59.7 cm³/mol. The second-order valence-electron chi connectivity index (χ2n) is 4.02. The first-order valence-corrected chi connectivity index (χ1v) is 5.66. The quantitative estimate of drug-likeness (QED) is 0.750. The average Bonchev–Trinajstić information content (AvgIpc) is 2.62. The van der Waals surface area contributed by atoms with Gasteiger partial charge in [-0.2, -0.15) is 0 Å². The third kappa shape index (κ3) is 3.53. The Hall–Kier alpha value is -1.06. The van der Waals surface area contributed by atoms with Crippen LogP contribution in [0.4, 0.5) is 0 Å². The molecule has 86 valence electrons. The number of rotatable bonds is 5. The van der Waals surface area contributed by atoms with Crippen molar-refractivity contribution in [2.24, 2.45) is 16.6 Å². The summed E-state index contributed by atoms with van der Waals surface area (Å²) >= 11 is 0. The van der Waals surface area contributed by atoms with Crippen LogP contribution >= 0.6 is 0 Å².